The summed E-state index contributed by atoms with van der Waals surface area (Å²) in [6.07, 6.45) is 3.39. The normalized spacial score (nSPS) is 12.5. The predicted octanol–water partition coefficient (Wildman–Crippen LogP) is 6.14. The maximum atomic E-state index is 2.39. The van der Waals surface area contributed by atoms with E-state index in [0.717, 1.165) is 6.42 Å². The van der Waals surface area contributed by atoms with Crippen molar-refractivity contribution < 1.29 is 0 Å². The van der Waals surface area contributed by atoms with E-state index < -0.39 is 0 Å². The number of hydrogen-bond acceptors (Lipinski definition) is 0. The Kier molecular flexibility index (Phi) is 3.79. The molecule has 0 aromatic heterocycles. The van der Waals surface area contributed by atoms with Crippen LogP contribution in [0, 0.1) is 5.92 Å². The molecule has 0 aliphatic rings. The molecule has 0 fully saturated rings. The third-order valence-electron chi connectivity index (χ3n) is 4.42. The van der Waals surface area contributed by atoms with Crippen molar-refractivity contribution in [3.8, 4) is 0 Å². The predicted molar refractivity (Wildman–Crippen MR) is 93.8 cm³/mol. The van der Waals surface area contributed by atoms with Crippen LogP contribution in [0.4, 0.5) is 0 Å². The van der Waals surface area contributed by atoms with Gasteiger partial charge in [0.05, 0.1) is 0 Å². The molecule has 0 heterocycles. The van der Waals surface area contributed by atoms with E-state index in [1.807, 2.05) is 0 Å². The van der Waals surface area contributed by atoms with Gasteiger partial charge in [0.25, 0.3) is 0 Å². The minimum Gasteiger partial charge on any atom is -0.0809 e. The largest absolute Gasteiger partial charge is 0.0809 e. The topological polar surface area (TPSA) is 0 Å². The van der Waals surface area contributed by atoms with Gasteiger partial charge < -0.3 is 0 Å². The number of rotatable bonds is 3. The van der Waals surface area contributed by atoms with E-state index in [1.54, 1.807) is 0 Å². The molecule has 0 saturated heterocycles. The number of hydrogen-bond donors (Lipinski definition) is 0. The lowest BCUT2D eigenvalue weighted by molar-refractivity contribution is 0.764. The second-order valence-electron chi connectivity index (χ2n) is 6.10. The smallest absolute Gasteiger partial charge is 0.00824 e. The third kappa shape index (κ3) is 2.71. The van der Waals surface area contributed by atoms with Gasteiger partial charge in [0.15, 0.2) is 0 Å². The Bertz CT molecular complexity index is 753. The summed E-state index contributed by atoms with van der Waals surface area (Å²) in [6, 6.07) is 19.7. The highest BCUT2D eigenvalue weighted by molar-refractivity contribution is 6.02. The number of fused-ring (bicyclic) bond motifs is 2. The molecule has 0 amide bonds. The van der Waals surface area contributed by atoms with Crippen molar-refractivity contribution in [1.82, 2.24) is 0 Å². The van der Waals surface area contributed by atoms with E-state index in [1.165, 1.54) is 32.7 Å². The summed E-state index contributed by atoms with van der Waals surface area (Å²) < 4.78 is 0. The lowest BCUT2D eigenvalue weighted by atomic mass is 9.93. The first-order valence-electron chi connectivity index (χ1n) is 7.73. The van der Waals surface area contributed by atoms with E-state index in [9.17, 15) is 0 Å². The molecule has 3 aromatic rings. The molecule has 0 spiro atoms. The van der Waals surface area contributed by atoms with Gasteiger partial charge in [0.1, 0.15) is 0 Å². The SMILES string of the molecule is C/C(=C\Cc1c2ccccc2cc2ccccc12)C(C)C. The van der Waals surface area contributed by atoms with Crippen molar-refractivity contribution in [1.29, 1.82) is 0 Å². The molecule has 0 atom stereocenters. The monoisotopic (exact) mass is 274 g/mol. The average molecular weight is 274 g/mol. The van der Waals surface area contributed by atoms with Crippen LogP contribution >= 0.6 is 0 Å². The number of allylic oxidation sites excluding steroid dienone is 2. The maximum Gasteiger partial charge on any atom is -0.00824 e. The summed E-state index contributed by atoms with van der Waals surface area (Å²) in [5, 5.41) is 5.43. The molecule has 0 bridgehead atoms. The van der Waals surface area contributed by atoms with Crippen LogP contribution in [0.3, 0.4) is 0 Å². The molecular formula is C21H22. The summed E-state index contributed by atoms with van der Waals surface area (Å²) in [6.45, 7) is 6.75. The van der Waals surface area contributed by atoms with Gasteiger partial charge in [-0.1, -0.05) is 74.0 Å². The summed E-state index contributed by atoms with van der Waals surface area (Å²) in [5.41, 5.74) is 2.91. The highest BCUT2D eigenvalue weighted by atomic mass is 14.1. The summed E-state index contributed by atoms with van der Waals surface area (Å²) in [5.74, 6) is 0.617. The molecule has 0 aliphatic carbocycles. The highest BCUT2D eigenvalue weighted by Crippen LogP contribution is 2.29. The van der Waals surface area contributed by atoms with Gasteiger partial charge in [-0.15, -0.1) is 0 Å². The Balaban J connectivity index is 2.23. The van der Waals surface area contributed by atoms with Crippen LogP contribution in [-0.4, -0.2) is 0 Å². The van der Waals surface area contributed by atoms with E-state index in [2.05, 4.69) is 81.4 Å². The number of benzene rings is 3. The van der Waals surface area contributed by atoms with Crippen molar-refractivity contribution in [3.05, 3.63) is 71.8 Å². The molecule has 0 N–H and O–H groups in total. The molecule has 3 aromatic carbocycles. The van der Waals surface area contributed by atoms with Crippen molar-refractivity contribution in [2.75, 3.05) is 0 Å². The Morgan fingerprint density at radius 2 is 1.43 bits per heavy atom. The second-order valence-corrected chi connectivity index (χ2v) is 6.10. The van der Waals surface area contributed by atoms with Crippen molar-refractivity contribution in [2.24, 2.45) is 5.92 Å². The quantitative estimate of drug-likeness (QED) is 0.397. The van der Waals surface area contributed by atoms with Crippen LogP contribution in [0.1, 0.15) is 26.3 Å². The van der Waals surface area contributed by atoms with Gasteiger partial charge in [-0.2, -0.15) is 0 Å². The summed E-state index contributed by atoms with van der Waals surface area (Å²) in [4.78, 5) is 0. The average Bonchev–Trinajstić information content (AvgIpc) is 2.51. The van der Waals surface area contributed by atoms with Gasteiger partial charge in [0.2, 0.25) is 0 Å². The minimum absolute atomic E-state index is 0.617. The molecule has 0 nitrogen and oxygen atoms in total. The zero-order valence-corrected chi connectivity index (χ0v) is 13.1. The Morgan fingerprint density at radius 3 is 1.95 bits per heavy atom. The van der Waals surface area contributed by atoms with Crippen molar-refractivity contribution in [3.63, 3.8) is 0 Å². The molecule has 0 unspecified atom stereocenters. The lowest BCUT2D eigenvalue weighted by Crippen LogP contribution is -1.93. The first-order valence-corrected chi connectivity index (χ1v) is 7.73. The van der Waals surface area contributed by atoms with E-state index in [-0.39, 0.29) is 0 Å². The lowest BCUT2D eigenvalue weighted by Gasteiger charge is -2.11. The Hall–Kier alpha value is -2.08. The first-order chi connectivity index (χ1) is 10.2. The van der Waals surface area contributed by atoms with Gasteiger partial charge in [0, 0.05) is 0 Å². The Labute approximate surface area is 127 Å². The molecule has 0 heteroatoms. The van der Waals surface area contributed by atoms with Crippen LogP contribution in [0.15, 0.2) is 66.2 Å². The summed E-state index contributed by atoms with van der Waals surface area (Å²) in [7, 11) is 0. The van der Waals surface area contributed by atoms with Gasteiger partial charge in [-0.25, -0.2) is 0 Å². The fourth-order valence-corrected chi connectivity index (χ4v) is 2.83. The zero-order valence-electron chi connectivity index (χ0n) is 13.1. The van der Waals surface area contributed by atoms with Crippen LogP contribution in [-0.2, 0) is 6.42 Å². The molecule has 0 aliphatic heterocycles. The van der Waals surface area contributed by atoms with Crippen molar-refractivity contribution >= 4 is 21.5 Å². The third-order valence-corrected chi connectivity index (χ3v) is 4.42. The molecule has 0 radical (unpaired) electrons. The molecule has 0 saturated carbocycles. The highest BCUT2D eigenvalue weighted by Gasteiger charge is 2.06. The molecule has 21 heavy (non-hydrogen) atoms. The minimum atomic E-state index is 0.617. The van der Waals surface area contributed by atoms with Crippen LogP contribution in [0.2, 0.25) is 0 Å². The van der Waals surface area contributed by atoms with E-state index >= 15 is 0 Å². The Morgan fingerprint density at radius 1 is 0.905 bits per heavy atom. The van der Waals surface area contributed by atoms with Crippen LogP contribution in [0.5, 0.6) is 0 Å². The van der Waals surface area contributed by atoms with E-state index in [4.69, 9.17) is 0 Å². The van der Waals surface area contributed by atoms with Gasteiger partial charge in [-0.3, -0.25) is 0 Å². The molecule has 106 valence electrons. The van der Waals surface area contributed by atoms with E-state index in [0.29, 0.717) is 5.92 Å². The fourth-order valence-electron chi connectivity index (χ4n) is 2.83. The summed E-state index contributed by atoms with van der Waals surface area (Å²) >= 11 is 0. The zero-order chi connectivity index (χ0) is 14.8. The van der Waals surface area contributed by atoms with Crippen LogP contribution in [0.25, 0.3) is 21.5 Å². The van der Waals surface area contributed by atoms with Crippen LogP contribution < -0.4 is 0 Å². The van der Waals surface area contributed by atoms with Gasteiger partial charge >= 0.3 is 0 Å². The molecule has 3 rings (SSSR count). The standard InChI is InChI=1S/C21H22/c1-15(2)16(3)12-13-21-19-10-6-4-8-17(19)14-18-9-5-7-11-20(18)21/h4-12,14-15H,13H2,1-3H3/b16-12+. The van der Waals surface area contributed by atoms with Crippen molar-refractivity contribution in [2.45, 2.75) is 27.2 Å². The second kappa shape index (κ2) is 5.73. The first kappa shape index (κ1) is 13.9. The molecular weight excluding hydrogens is 252 g/mol. The fraction of sp³-hybridized carbons (Fsp3) is 0.238. The maximum absolute atomic E-state index is 2.39. The van der Waals surface area contributed by atoms with Gasteiger partial charge in [-0.05, 0) is 52.4 Å².